The van der Waals surface area contributed by atoms with E-state index in [4.69, 9.17) is 16.3 Å². The first-order chi connectivity index (χ1) is 13.1. The van der Waals surface area contributed by atoms with Gasteiger partial charge in [0.2, 0.25) is 0 Å². The molecule has 1 N–H and O–H groups in total. The number of aromatic amines is 1. The van der Waals surface area contributed by atoms with Crippen molar-refractivity contribution in [1.29, 1.82) is 0 Å². The smallest absolute Gasteiger partial charge is 0.357 e. The number of imidazole rings is 1. The Kier molecular flexibility index (Phi) is 4.64. The molecule has 6 nitrogen and oxygen atoms in total. The van der Waals surface area contributed by atoms with E-state index in [0.29, 0.717) is 23.1 Å². The molecule has 2 aromatic carbocycles. The molecule has 0 spiro atoms. The number of aromatic nitrogens is 4. The molecule has 0 amide bonds. The van der Waals surface area contributed by atoms with Gasteiger partial charge in [0.15, 0.2) is 11.9 Å². The number of halogens is 1. The highest BCUT2D eigenvalue weighted by atomic mass is 35.5. The summed E-state index contributed by atoms with van der Waals surface area (Å²) >= 11 is 6.13. The molecule has 27 heavy (non-hydrogen) atoms. The van der Waals surface area contributed by atoms with Crippen LogP contribution in [0, 0.1) is 0 Å². The van der Waals surface area contributed by atoms with Crippen LogP contribution in [0.4, 0.5) is 0 Å². The molecule has 4 rings (SSSR count). The number of carbonyl (C=O) groups excluding carboxylic acids is 1. The van der Waals surface area contributed by atoms with Gasteiger partial charge in [-0.1, -0.05) is 41.9 Å². The van der Waals surface area contributed by atoms with E-state index in [1.54, 1.807) is 13.0 Å². The second-order valence-corrected chi connectivity index (χ2v) is 6.63. The maximum atomic E-state index is 12.3. The van der Waals surface area contributed by atoms with Gasteiger partial charge in [0.25, 0.3) is 0 Å². The van der Waals surface area contributed by atoms with Gasteiger partial charge in [0, 0.05) is 17.8 Å². The topological polar surface area (TPSA) is 72.8 Å². The Hall–Kier alpha value is -3.12. The van der Waals surface area contributed by atoms with E-state index in [1.165, 1.54) is 6.20 Å². The second kappa shape index (κ2) is 7.25. The first-order valence-corrected chi connectivity index (χ1v) is 8.89. The molecule has 0 bridgehead atoms. The predicted octanol–water partition coefficient (Wildman–Crippen LogP) is 4.38. The van der Waals surface area contributed by atoms with Crippen molar-refractivity contribution in [1.82, 2.24) is 19.7 Å². The maximum absolute atomic E-state index is 12.3. The number of rotatable bonds is 5. The van der Waals surface area contributed by atoms with Gasteiger partial charge in [0.1, 0.15) is 5.69 Å². The monoisotopic (exact) mass is 380 g/mol. The molecular formula is C20H17ClN4O2. The van der Waals surface area contributed by atoms with Crippen LogP contribution in [0.1, 0.15) is 34.9 Å². The Morgan fingerprint density at radius 3 is 2.78 bits per heavy atom. The van der Waals surface area contributed by atoms with Gasteiger partial charge in [-0.3, -0.25) is 5.10 Å². The quantitative estimate of drug-likeness (QED) is 0.521. The van der Waals surface area contributed by atoms with Crippen LogP contribution in [0.2, 0.25) is 5.02 Å². The molecule has 2 heterocycles. The molecule has 136 valence electrons. The number of H-pyrrole nitrogens is 1. The molecule has 4 aromatic rings. The molecular weight excluding hydrogens is 364 g/mol. The third kappa shape index (κ3) is 3.57. The summed E-state index contributed by atoms with van der Waals surface area (Å²) in [5.41, 5.74) is 3.12. The van der Waals surface area contributed by atoms with Gasteiger partial charge in [-0.2, -0.15) is 5.10 Å². The van der Waals surface area contributed by atoms with Crippen molar-refractivity contribution in [3.05, 3.63) is 82.9 Å². The van der Waals surface area contributed by atoms with E-state index < -0.39 is 12.1 Å². The van der Waals surface area contributed by atoms with E-state index in [-0.39, 0.29) is 0 Å². The third-order valence-electron chi connectivity index (χ3n) is 4.29. The number of hydrogen-bond acceptors (Lipinski definition) is 4. The van der Waals surface area contributed by atoms with Crippen LogP contribution in [-0.2, 0) is 11.3 Å². The number of fused-ring (bicyclic) bond motifs is 1. The zero-order valence-corrected chi connectivity index (χ0v) is 15.3. The molecule has 0 aliphatic rings. The van der Waals surface area contributed by atoms with Gasteiger partial charge in [-0.25, -0.2) is 9.78 Å². The minimum Gasteiger partial charge on any atom is -0.450 e. The zero-order chi connectivity index (χ0) is 18.8. The number of esters is 1. The van der Waals surface area contributed by atoms with Crippen LogP contribution >= 0.6 is 11.6 Å². The number of nitrogens with one attached hydrogen (secondary N) is 1. The number of hydrogen-bond donors (Lipinski definition) is 1. The fourth-order valence-corrected chi connectivity index (χ4v) is 3.18. The van der Waals surface area contributed by atoms with Crippen molar-refractivity contribution in [2.24, 2.45) is 0 Å². The Balaban J connectivity index is 1.72. The highest BCUT2D eigenvalue weighted by Crippen LogP contribution is 2.27. The average molecular weight is 381 g/mol. The van der Waals surface area contributed by atoms with Crippen LogP contribution in [0.5, 0.6) is 0 Å². The Morgan fingerprint density at radius 2 is 2.04 bits per heavy atom. The number of nitrogens with zero attached hydrogens (tertiary/aromatic N) is 3. The molecule has 7 heteroatoms. The summed E-state index contributed by atoms with van der Waals surface area (Å²) in [6.07, 6.45) is 0.962. The minimum absolute atomic E-state index is 0.301. The van der Waals surface area contributed by atoms with Crippen LogP contribution in [-0.4, -0.2) is 25.7 Å². The first kappa shape index (κ1) is 17.3. The third-order valence-corrected chi connectivity index (χ3v) is 4.53. The van der Waals surface area contributed by atoms with Gasteiger partial charge < -0.3 is 9.30 Å². The van der Waals surface area contributed by atoms with Crippen molar-refractivity contribution < 1.29 is 9.53 Å². The van der Waals surface area contributed by atoms with E-state index in [2.05, 4.69) is 15.2 Å². The lowest BCUT2D eigenvalue weighted by Crippen LogP contribution is -2.15. The Labute approximate surface area is 160 Å². The molecule has 0 saturated heterocycles. The summed E-state index contributed by atoms with van der Waals surface area (Å²) in [7, 11) is 0. The van der Waals surface area contributed by atoms with Crippen molar-refractivity contribution in [2.75, 3.05) is 0 Å². The van der Waals surface area contributed by atoms with E-state index in [0.717, 1.165) is 16.6 Å². The summed E-state index contributed by atoms with van der Waals surface area (Å²) < 4.78 is 7.64. The summed E-state index contributed by atoms with van der Waals surface area (Å²) in [4.78, 5) is 17.0. The second-order valence-electron chi connectivity index (χ2n) is 6.19. The highest BCUT2D eigenvalue weighted by Gasteiger charge is 2.21. The fraction of sp³-hybridized carbons (Fsp3) is 0.150. The van der Waals surface area contributed by atoms with Crippen molar-refractivity contribution in [3.63, 3.8) is 0 Å². The highest BCUT2D eigenvalue weighted by molar-refractivity contribution is 6.31. The number of ether oxygens (including phenoxy) is 1. The normalized spacial score (nSPS) is 12.2. The van der Waals surface area contributed by atoms with Crippen molar-refractivity contribution in [3.8, 4) is 0 Å². The summed E-state index contributed by atoms with van der Waals surface area (Å²) in [5.74, 6) is 0.181. The molecule has 0 saturated carbocycles. The summed E-state index contributed by atoms with van der Waals surface area (Å²) in [5, 5.41) is 7.00. The van der Waals surface area contributed by atoms with Gasteiger partial charge in [-0.05, 0) is 36.8 Å². The predicted molar refractivity (Wildman–Crippen MR) is 103 cm³/mol. The average Bonchev–Trinajstić information content (AvgIpc) is 3.31. The Bertz CT molecular complexity index is 1070. The number of benzene rings is 2. The first-order valence-electron chi connectivity index (χ1n) is 8.52. The van der Waals surface area contributed by atoms with Crippen molar-refractivity contribution >= 4 is 28.6 Å². The molecule has 2 aromatic heterocycles. The lowest BCUT2D eigenvalue weighted by molar-refractivity contribution is 0.0307. The molecule has 0 aliphatic heterocycles. The summed E-state index contributed by atoms with van der Waals surface area (Å²) in [6, 6.07) is 17.2. The minimum atomic E-state index is -0.546. The standard InChI is InChI=1S/C20H17ClN4O2/c1-13(27-20(26)16-9-10-22-24-16)19-23-17-11-15(21)7-8-18(17)25(19)12-14-5-3-2-4-6-14/h2-11,13H,12H2,1H3,(H,22,24)/t13-/m1/s1. The van der Waals surface area contributed by atoms with Crippen molar-refractivity contribution in [2.45, 2.75) is 19.6 Å². The lowest BCUT2D eigenvalue weighted by atomic mass is 10.2. The van der Waals surface area contributed by atoms with Gasteiger partial charge >= 0.3 is 5.97 Å². The van der Waals surface area contributed by atoms with Gasteiger partial charge in [0.05, 0.1) is 11.0 Å². The van der Waals surface area contributed by atoms with Crippen LogP contribution in [0.15, 0.2) is 60.8 Å². The van der Waals surface area contributed by atoms with Crippen LogP contribution in [0.25, 0.3) is 11.0 Å². The van der Waals surface area contributed by atoms with Gasteiger partial charge in [-0.15, -0.1) is 0 Å². The molecule has 0 unspecified atom stereocenters. The molecule has 0 fully saturated rings. The fourth-order valence-electron chi connectivity index (χ4n) is 3.01. The zero-order valence-electron chi connectivity index (χ0n) is 14.6. The SMILES string of the molecule is C[C@@H](OC(=O)c1ccn[nH]1)c1nc2cc(Cl)ccc2n1Cc1ccccc1. The Morgan fingerprint density at radius 1 is 1.22 bits per heavy atom. The molecule has 0 aliphatic carbocycles. The van der Waals surface area contributed by atoms with Crippen LogP contribution < -0.4 is 0 Å². The summed E-state index contributed by atoms with van der Waals surface area (Å²) in [6.45, 7) is 2.42. The van der Waals surface area contributed by atoms with E-state index in [1.807, 2.05) is 53.1 Å². The molecule has 0 radical (unpaired) electrons. The largest absolute Gasteiger partial charge is 0.450 e. The molecule has 1 atom stereocenters. The maximum Gasteiger partial charge on any atom is 0.357 e. The lowest BCUT2D eigenvalue weighted by Gasteiger charge is -2.15. The van der Waals surface area contributed by atoms with E-state index >= 15 is 0 Å². The van der Waals surface area contributed by atoms with E-state index in [9.17, 15) is 4.79 Å². The van der Waals surface area contributed by atoms with Crippen LogP contribution in [0.3, 0.4) is 0 Å². The number of carbonyl (C=O) groups is 1.